The van der Waals surface area contributed by atoms with Gasteiger partial charge < -0.3 is 21.3 Å². The van der Waals surface area contributed by atoms with Crippen LogP contribution in [0.3, 0.4) is 0 Å². The van der Waals surface area contributed by atoms with E-state index < -0.39 is 18.5 Å². The topological polar surface area (TPSA) is 105 Å². The Bertz CT molecular complexity index is 968. The molecule has 5 rings (SSSR count). The van der Waals surface area contributed by atoms with E-state index in [2.05, 4.69) is 20.6 Å². The molecule has 30 heavy (non-hydrogen) atoms. The number of carbonyl (C=O) groups is 2. The van der Waals surface area contributed by atoms with Crippen LogP contribution in [0.15, 0.2) is 12.1 Å². The van der Waals surface area contributed by atoms with E-state index in [1.54, 1.807) is 6.07 Å². The number of benzene rings is 1. The first-order valence-corrected chi connectivity index (χ1v) is 10.3. The molecule has 1 unspecified atom stereocenters. The number of nitrogens with zero attached hydrogens (tertiary/aromatic N) is 3. The summed E-state index contributed by atoms with van der Waals surface area (Å²) in [6, 6.07) is 2.80. The van der Waals surface area contributed by atoms with Gasteiger partial charge in [-0.15, -0.1) is 0 Å². The summed E-state index contributed by atoms with van der Waals surface area (Å²) in [6.07, 6.45) is 2.79. The van der Waals surface area contributed by atoms with Crippen LogP contribution in [-0.2, 0) is 0 Å². The van der Waals surface area contributed by atoms with Crippen LogP contribution in [0.25, 0.3) is 10.9 Å². The fraction of sp³-hybridized carbons (Fsp3) is 0.550. The molecule has 2 aromatic rings. The maximum atomic E-state index is 13.7. The molecule has 10 heteroatoms. The highest BCUT2D eigenvalue weighted by atomic mass is 19.3. The zero-order chi connectivity index (χ0) is 21.4. The van der Waals surface area contributed by atoms with Crippen molar-refractivity contribution in [2.24, 2.45) is 11.7 Å². The van der Waals surface area contributed by atoms with Crippen molar-refractivity contribution in [1.29, 1.82) is 0 Å². The number of nitrogens with one attached hydrogen (secondary N) is 2. The van der Waals surface area contributed by atoms with Gasteiger partial charge in [-0.2, -0.15) is 13.9 Å². The molecule has 3 saturated heterocycles. The molecular weight excluding hydrogens is 394 g/mol. The van der Waals surface area contributed by atoms with E-state index in [9.17, 15) is 18.4 Å². The van der Waals surface area contributed by atoms with Gasteiger partial charge in [0.1, 0.15) is 0 Å². The van der Waals surface area contributed by atoms with Crippen LogP contribution in [-0.4, -0.2) is 52.8 Å². The van der Waals surface area contributed by atoms with Crippen molar-refractivity contribution in [2.75, 3.05) is 31.5 Å². The fourth-order valence-corrected chi connectivity index (χ4v) is 4.72. The first kappa shape index (κ1) is 20.5. The second kappa shape index (κ2) is 8.17. The fourth-order valence-electron chi connectivity index (χ4n) is 4.72. The van der Waals surface area contributed by atoms with E-state index in [4.69, 9.17) is 5.73 Å². The number of alkyl halides is 2. The Morgan fingerprint density at radius 1 is 1.30 bits per heavy atom. The lowest BCUT2D eigenvalue weighted by Crippen LogP contribution is -2.46. The van der Waals surface area contributed by atoms with E-state index >= 15 is 0 Å². The first-order chi connectivity index (χ1) is 14.4. The molecule has 162 valence electrons. The summed E-state index contributed by atoms with van der Waals surface area (Å²) < 4.78 is 27.9. The van der Waals surface area contributed by atoms with Crippen LogP contribution in [0, 0.1) is 5.92 Å². The molecule has 3 aliphatic heterocycles. The molecule has 1 atom stereocenters. The standard InChI is InChI=1S/C20H26F2N6O2/c1-2-5-24-20(30)25-12-8-13(14-10-27-6-3-11(14)4-7-27)16-15(9-12)28(19(21)22)26-17(16)18(23)29/h8-9,11,14,19H,2-7,10H2,1H3,(H2,23,29)(H2,24,25,30). The summed E-state index contributed by atoms with van der Waals surface area (Å²) in [5, 5.41) is 9.63. The van der Waals surface area contributed by atoms with E-state index in [1.165, 1.54) is 6.07 Å². The highest BCUT2D eigenvalue weighted by Crippen LogP contribution is 2.43. The lowest BCUT2D eigenvalue weighted by molar-refractivity contribution is 0.0609. The Morgan fingerprint density at radius 2 is 2.03 bits per heavy atom. The van der Waals surface area contributed by atoms with Gasteiger partial charge in [-0.25, -0.2) is 9.48 Å². The Balaban J connectivity index is 1.85. The lowest BCUT2D eigenvalue weighted by Gasteiger charge is -2.45. The van der Waals surface area contributed by atoms with Gasteiger partial charge >= 0.3 is 12.6 Å². The van der Waals surface area contributed by atoms with Crippen molar-refractivity contribution in [3.8, 4) is 0 Å². The Morgan fingerprint density at radius 3 is 2.60 bits per heavy atom. The van der Waals surface area contributed by atoms with Crippen LogP contribution >= 0.6 is 0 Å². The molecule has 2 bridgehead atoms. The summed E-state index contributed by atoms with van der Waals surface area (Å²) in [5.74, 6) is -0.398. The van der Waals surface area contributed by atoms with Crippen LogP contribution in [0.5, 0.6) is 0 Å². The van der Waals surface area contributed by atoms with Crippen LogP contribution in [0.1, 0.15) is 54.7 Å². The number of amides is 3. The SMILES string of the molecule is CCCNC(=O)Nc1cc(C2CN3CCC2CC3)c2c(C(N)=O)nn(C(F)F)c2c1. The molecular formula is C20H26F2N6O2. The van der Waals surface area contributed by atoms with E-state index in [-0.39, 0.29) is 17.1 Å². The molecule has 0 aliphatic carbocycles. The maximum absolute atomic E-state index is 13.7. The van der Waals surface area contributed by atoms with Gasteiger partial charge in [0.15, 0.2) is 5.69 Å². The minimum atomic E-state index is -2.94. The molecule has 1 aromatic heterocycles. The molecule has 3 fully saturated rings. The number of carbonyl (C=O) groups excluding carboxylic acids is 2. The van der Waals surface area contributed by atoms with Crippen molar-refractivity contribution < 1.29 is 18.4 Å². The molecule has 1 aromatic carbocycles. The Hall–Kier alpha value is -2.75. The number of hydrogen-bond acceptors (Lipinski definition) is 4. The average Bonchev–Trinajstić information content (AvgIpc) is 3.12. The number of primary amides is 1. The highest BCUT2D eigenvalue weighted by Gasteiger charge is 2.37. The number of rotatable bonds is 6. The second-order valence-corrected chi connectivity index (χ2v) is 8.02. The van der Waals surface area contributed by atoms with Crippen LogP contribution in [0.2, 0.25) is 0 Å². The zero-order valence-electron chi connectivity index (χ0n) is 16.8. The second-order valence-electron chi connectivity index (χ2n) is 8.02. The zero-order valence-corrected chi connectivity index (χ0v) is 16.8. The number of anilines is 1. The molecule has 4 heterocycles. The predicted octanol–water partition coefficient (Wildman–Crippen LogP) is 2.87. The van der Waals surface area contributed by atoms with E-state index in [0.717, 1.165) is 44.5 Å². The Labute approximate surface area is 172 Å². The molecule has 0 saturated carbocycles. The maximum Gasteiger partial charge on any atom is 0.333 e. The van der Waals surface area contributed by atoms with Gasteiger partial charge in [-0.1, -0.05) is 6.92 Å². The molecule has 3 amide bonds. The number of hydrogen-bond donors (Lipinski definition) is 3. The van der Waals surface area contributed by atoms with Crippen LogP contribution in [0.4, 0.5) is 19.3 Å². The minimum Gasteiger partial charge on any atom is -0.364 e. The van der Waals surface area contributed by atoms with Crippen molar-refractivity contribution in [3.63, 3.8) is 0 Å². The van der Waals surface area contributed by atoms with E-state index in [0.29, 0.717) is 28.2 Å². The number of piperidine rings is 3. The van der Waals surface area contributed by atoms with E-state index in [1.807, 2.05) is 6.92 Å². The Kier molecular flexibility index (Phi) is 5.59. The summed E-state index contributed by atoms with van der Waals surface area (Å²) in [6.45, 7) is 2.31. The molecule has 3 aliphatic rings. The molecule has 4 N–H and O–H groups in total. The van der Waals surface area contributed by atoms with Gasteiger partial charge in [0.2, 0.25) is 0 Å². The summed E-state index contributed by atoms with van der Waals surface area (Å²) >= 11 is 0. The lowest BCUT2D eigenvalue weighted by atomic mass is 9.74. The normalized spacial score (nSPS) is 23.1. The molecule has 0 radical (unpaired) electrons. The monoisotopic (exact) mass is 420 g/mol. The van der Waals surface area contributed by atoms with Gasteiger partial charge in [0, 0.05) is 30.1 Å². The van der Waals surface area contributed by atoms with Crippen LogP contribution < -0.4 is 16.4 Å². The third kappa shape index (κ3) is 3.71. The van der Waals surface area contributed by atoms with Gasteiger partial charge in [0.25, 0.3) is 5.91 Å². The molecule has 0 spiro atoms. The number of halogens is 2. The van der Waals surface area contributed by atoms with Gasteiger partial charge in [0.05, 0.1) is 5.52 Å². The number of aromatic nitrogens is 2. The van der Waals surface area contributed by atoms with Crippen molar-refractivity contribution in [2.45, 2.75) is 38.7 Å². The minimum absolute atomic E-state index is 0.0591. The third-order valence-corrected chi connectivity index (χ3v) is 6.11. The number of fused-ring (bicyclic) bond motifs is 4. The predicted molar refractivity (Wildman–Crippen MR) is 109 cm³/mol. The summed E-state index contributed by atoms with van der Waals surface area (Å²) in [5.41, 5.74) is 6.57. The quantitative estimate of drug-likeness (QED) is 0.668. The number of nitrogens with two attached hydrogens (primary N) is 1. The largest absolute Gasteiger partial charge is 0.364 e. The van der Waals surface area contributed by atoms with Crippen molar-refractivity contribution in [1.82, 2.24) is 20.0 Å². The molecule has 8 nitrogen and oxygen atoms in total. The van der Waals surface area contributed by atoms with Crippen molar-refractivity contribution >= 4 is 28.5 Å². The summed E-state index contributed by atoms with van der Waals surface area (Å²) in [7, 11) is 0. The van der Waals surface area contributed by atoms with Gasteiger partial charge in [-0.3, -0.25) is 4.79 Å². The smallest absolute Gasteiger partial charge is 0.333 e. The highest BCUT2D eigenvalue weighted by molar-refractivity contribution is 6.07. The third-order valence-electron chi connectivity index (χ3n) is 6.11. The summed E-state index contributed by atoms with van der Waals surface area (Å²) in [4.78, 5) is 26.6. The number of urea groups is 1. The average molecular weight is 420 g/mol. The van der Waals surface area contributed by atoms with Crippen molar-refractivity contribution in [3.05, 3.63) is 23.4 Å². The van der Waals surface area contributed by atoms with Gasteiger partial charge in [-0.05, 0) is 56.0 Å². The first-order valence-electron chi connectivity index (χ1n) is 10.3.